The van der Waals surface area contributed by atoms with Gasteiger partial charge >= 0.3 is 0 Å². The van der Waals surface area contributed by atoms with Gasteiger partial charge in [0, 0.05) is 0 Å². The molecule has 0 amide bonds. The van der Waals surface area contributed by atoms with Gasteiger partial charge in [-0.05, 0) is 18.2 Å². The number of anilines is 1. The molecule has 2 N–H and O–H groups in total. The molecule has 0 aliphatic heterocycles. The molecule has 0 spiro atoms. The molecule has 0 saturated heterocycles. The molecular formula is C11H12N2O2S. The molecule has 0 atom stereocenters. The van der Waals surface area contributed by atoms with Crippen LogP contribution in [0.1, 0.15) is 0 Å². The Balaban J connectivity index is 2.04. The van der Waals surface area contributed by atoms with Crippen LogP contribution in [0.3, 0.4) is 0 Å². The van der Waals surface area contributed by atoms with Gasteiger partial charge < -0.3 is 15.2 Å². The van der Waals surface area contributed by atoms with Crippen LogP contribution in [0.2, 0.25) is 0 Å². The number of ether oxygens (including phenoxy) is 2. The summed E-state index contributed by atoms with van der Waals surface area (Å²) in [6.45, 7) is 4.43. The van der Waals surface area contributed by atoms with E-state index in [2.05, 4.69) is 11.6 Å². The van der Waals surface area contributed by atoms with E-state index in [9.17, 15) is 0 Å². The van der Waals surface area contributed by atoms with Crippen molar-refractivity contribution in [1.29, 1.82) is 0 Å². The van der Waals surface area contributed by atoms with E-state index in [1.807, 2.05) is 18.2 Å². The van der Waals surface area contributed by atoms with Crippen LogP contribution in [0, 0.1) is 0 Å². The van der Waals surface area contributed by atoms with Crippen molar-refractivity contribution in [1.82, 2.24) is 4.98 Å². The maximum atomic E-state index is 5.62. The molecule has 2 rings (SSSR count). The Morgan fingerprint density at radius 1 is 1.44 bits per heavy atom. The number of benzene rings is 1. The standard InChI is InChI=1S/C11H12N2O2S/c1-2-14-5-6-15-8-3-4-9-10(7-8)16-11(12)13-9/h2-4,7H,1,5-6H2,(H2,12,13). The van der Waals surface area contributed by atoms with Gasteiger partial charge in [0.15, 0.2) is 5.13 Å². The summed E-state index contributed by atoms with van der Waals surface area (Å²) in [6.07, 6.45) is 1.40. The van der Waals surface area contributed by atoms with Gasteiger partial charge in [0.1, 0.15) is 19.0 Å². The monoisotopic (exact) mass is 236 g/mol. The molecule has 4 nitrogen and oxygen atoms in total. The zero-order valence-electron chi connectivity index (χ0n) is 8.68. The highest BCUT2D eigenvalue weighted by Gasteiger charge is 2.02. The van der Waals surface area contributed by atoms with Crippen molar-refractivity contribution >= 4 is 26.7 Å². The maximum Gasteiger partial charge on any atom is 0.181 e. The molecule has 2 aromatic rings. The van der Waals surface area contributed by atoms with Crippen LogP contribution in [-0.4, -0.2) is 18.2 Å². The molecule has 16 heavy (non-hydrogen) atoms. The molecule has 1 aromatic heterocycles. The first-order valence-corrected chi connectivity index (χ1v) is 5.62. The third-order valence-corrected chi connectivity index (χ3v) is 2.81. The third-order valence-electron chi connectivity index (χ3n) is 1.96. The van der Waals surface area contributed by atoms with Crippen LogP contribution in [-0.2, 0) is 4.74 Å². The topological polar surface area (TPSA) is 57.4 Å². The van der Waals surface area contributed by atoms with Crippen LogP contribution in [0.5, 0.6) is 5.75 Å². The van der Waals surface area contributed by atoms with Crippen LogP contribution < -0.4 is 10.5 Å². The number of aromatic nitrogens is 1. The van der Waals surface area contributed by atoms with E-state index in [0.29, 0.717) is 18.3 Å². The molecule has 0 radical (unpaired) electrons. The predicted octanol–water partition coefficient (Wildman–Crippen LogP) is 2.42. The summed E-state index contributed by atoms with van der Waals surface area (Å²) in [5, 5.41) is 0.571. The second kappa shape index (κ2) is 4.85. The lowest BCUT2D eigenvalue weighted by molar-refractivity contribution is 0.180. The third kappa shape index (κ3) is 2.43. The first-order chi connectivity index (χ1) is 7.79. The lowest BCUT2D eigenvalue weighted by atomic mass is 10.3. The Labute approximate surface area is 97.3 Å². The molecule has 0 unspecified atom stereocenters. The van der Waals surface area contributed by atoms with Crippen LogP contribution in [0.4, 0.5) is 5.13 Å². The number of nitrogens with zero attached hydrogens (tertiary/aromatic N) is 1. The summed E-state index contributed by atoms with van der Waals surface area (Å²) >= 11 is 1.45. The number of nitrogens with two attached hydrogens (primary N) is 1. The summed E-state index contributed by atoms with van der Waals surface area (Å²) in [7, 11) is 0. The average Bonchev–Trinajstić information content (AvgIpc) is 2.64. The molecular weight excluding hydrogens is 224 g/mol. The number of nitrogen functional groups attached to an aromatic ring is 1. The number of thiazole rings is 1. The molecule has 1 heterocycles. The minimum Gasteiger partial charge on any atom is -0.498 e. The van der Waals surface area contributed by atoms with Crippen molar-refractivity contribution in [3.8, 4) is 5.75 Å². The van der Waals surface area contributed by atoms with E-state index in [0.717, 1.165) is 16.0 Å². The van der Waals surface area contributed by atoms with Crippen LogP contribution in [0.15, 0.2) is 31.0 Å². The zero-order valence-corrected chi connectivity index (χ0v) is 9.50. The largest absolute Gasteiger partial charge is 0.498 e. The number of rotatable bonds is 5. The highest BCUT2D eigenvalue weighted by molar-refractivity contribution is 7.22. The summed E-state index contributed by atoms with van der Waals surface area (Å²) in [5.74, 6) is 0.795. The SMILES string of the molecule is C=COCCOc1ccc2nc(N)sc2c1. The molecule has 84 valence electrons. The minimum absolute atomic E-state index is 0.492. The number of hydrogen-bond acceptors (Lipinski definition) is 5. The van der Waals surface area contributed by atoms with Gasteiger partial charge in [-0.25, -0.2) is 4.98 Å². The fraction of sp³-hybridized carbons (Fsp3) is 0.182. The van der Waals surface area contributed by atoms with Gasteiger partial charge in [-0.1, -0.05) is 17.9 Å². The van der Waals surface area contributed by atoms with E-state index < -0.39 is 0 Å². The lowest BCUT2D eigenvalue weighted by Crippen LogP contribution is -2.03. The highest BCUT2D eigenvalue weighted by Crippen LogP contribution is 2.27. The molecule has 0 bridgehead atoms. The summed E-state index contributed by atoms with van der Waals surface area (Å²) < 4.78 is 11.5. The lowest BCUT2D eigenvalue weighted by Gasteiger charge is -2.05. The zero-order chi connectivity index (χ0) is 11.4. The predicted molar refractivity (Wildman–Crippen MR) is 65.7 cm³/mol. The van der Waals surface area contributed by atoms with Crippen LogP contribution in [0.25, 0.3) is 10.2 Å². The van der Waals surface area contributed by atoms with E-state index in [1.165, 1.54) is 17.6 Å². The van der Waals surface area contributed by atoms with Crippen molar-refractivity contribution < 1.29 is 9.47 Å². The van der Waals surface area contributed by atoms with Crippen molar-refractivity contribution in [2.24, 2.45) is 0 Å². The molecule has 0 fully saturated rings. The van der Waals surface area contributed by atoms with Gasteiger partial charge in [0.25, 0.3) is 0 Å². The Kier molecular flexibility index (Phi) is 3.26. The Morgan fingerprint density at radius 3 is 3.12 bits per heavy atom. The van der Waals surface area contributed by atoms with Gasteiger partial charge in [0.2, 0.25) is 0 Å². The molecule has 0 aliphatic rings. The summed E-state index contributed by atoms with van der Waals surface area (Å²) in [4.78, 5) is 4.17. The number of fused-ring (bicyclic) bond motifs is 1. The molecule has 1 aromatic carbocycles. The fourth-order valence-electron chi connectivity index (χ4n) is 1.30. The Hall–Kier alpha value is -1.75. The van der Waals surface area contributed by atoms with Gasteiger partial charge in [0.05, 0.1) is 16.5 Å². The maximum absolute atomic E-state index is 5.62. The smallest absolute Gasteiger partial charge is 0.181 e. The molecule has 0 saturated carbocycles. The first-order valence-electron chi connectivity index (χ1n) is 4.81. The van der Waals surface area contributed by atoms with Crippen molar-refractivity contribution in [2.75, 3.05) is 18.9 Å². The molecule has 0 aliphatic carbocycles. The van der Waals surface area contributed by atoms with Crippen LogP contribution >= 0.6 is 11.3 Å². The second-order valence-electron chi connectivity index (χ2n) is 3.07. The van der Waals surface area contributed by atoms with Crippen molar-refractivity contribution in [3.63, 3.8) is 0 Å². The number of hydrogen-bond donors (Lipinski definition) is 1. The second-order valence-corrected chi connectivity index (χ2v) is 4.13. The van der Waals surface area contributed by atoms with Crippen molar-refractivity contribution in [2.45, 2.75) is 0 Å². The quantitative estimate of drug-likeness (QED) is 0.639. The summed E-state index contributed by atoms with van der Waals surface area (Å²) in [5.41, 5.74) is 6.52. The minimum atomic E-state index is 0.492. The van der Waals surface area contributed by atoms with Crippen molar-refractivity contribution in [3.05, 3.63) is 31.0 Å². The van der Waals surface area contributed by atoms with E-state index in [-0.39, 0.29) is 0 Å². The Bertz CT molecular complexity index is 496. The van der Waals surface area contributed by atoms with E-state index in [1.54, 1.807) is 0 Å². The fourth-order valence-corrected chi connectivity index (χ4v) is 2.07. The highest BCUT2D eigenvalue weighted by atomic mass is 32.1. The van der Waals surface area contributed by atoms with Gasteiger partial charge in [-0.15, -0.1) is 0 Å². The Morgan fingerprint density at radius 2 is 2.31 bits per heavy atom. The van der Waals surface area contributed by atoms with E-state index >= 15 is 0 Å². The van der Waals surface area contributed by atoms with E-state index in [4.69, 9.17) is 15.2 Å². The molecule has 5 heteroatoms. The van der Waals surface area contributed by atoms with Gasteiger partial charge in [-0.3, -0.25) is 0 Å². The average molecular weight is 236 g/mol. The summed E-state index contributed by atoms with van der Waals surface area (Å²) in [6, 6.07) is 5.69. The van der Waals surface area contributed by atoms with Gasteiger partial charge in [-0.2, -0.15) is 0 Å². The first kappa shape index (κ1) is 10.8. The normalized spacial score (nSPS) is 10.2.